The van der Waals surface area contributed by atoms with Crippen LogP contribution in [-0.4, -0.2) is 50.7 Å². The minimum Gasteiger partial charge on any atom is -0.487 e. The Hall–Kier alpha value is -4.03. The molecule has 44 heavy (non-hydrogen) atoms. The van der Waals surface area contributed by atoms with E-state index in [9.17, 15) is 13.2 Å². The van der Waals surface area contributed by atoms with E-state index in [4.69, 9.17) is 32.9 Å². The molecule has 0 spiro atoms. The molecule has 5 aromatic rings. The van der Waals surface area contributed by atoms with Gasteiger partial charge in [0.1, 0.15) is 28.8 Å². The second-order valence-corrected chi connectivity index (χ2v) is 13.0. The number of fused-ring (bicyclic) bond motifs is 1. The second-order valence-electron chi connectivity index (χ2n) is 10.4. The standard InChI is InChI=1S/C31H28Cl2N6O4S/c1-20-16-26(38-15-13-35-19-38)22-4-2-6-27(30(22)37-20)43-18-23-24(32)7-8-28(29(23)33)44(41,42)39-14-3-5-25(39)31(40)36-17-21-9-11-34-12-10-21/h2,4,6-13,15-16,19,25H,3,5,14,17-18H2,1H3,(H,36,40)/t25-/m0/s1. The van der Waals surface area contributed by atoms with Crippen molar-refractivity contribution in [3.8, 4) is 11.4 Å². The minimum absolute atomic E-state index is 0.0520. The number of nitrogens with one attached hydrogen (secondary N) is 1. The van der Waals surface area contributed by atoms with E-state index in [0.717, 1.165) is 22.3 Å². The van der Waals surface area contributed by atoms with Gasteiger partial charge in [-0.05, 0) is 61.7 Å². The van der Waals surface area contributed by atoms with Crippen LogP contribution in [0.1, 0.15) is 29.7 Å². The Kier molecular flexibility index (Phi) is 8.55. The average molecular weight is 652 g/mol. The first-order chi connectivity index (χ1) is 21.2. The van der Waals surface area contributed by atoms with Gasteiger partial charge in [0, 0.05) is 59.5 Å². The summed E-state index contributed by atoms with van der Waals surface area (Å²) in [6.45, 7) is 2.25. The maximum Gasteiger partial charge on any atom is 0.245 e. The van der Waals surface area contributed by atoms with Crippen LogP contribution >= 0.6 is 23.2 Å². The first-order valence-corrected chi connectivity index (χ1v) is 16.1. The molecule has 10 nitrogen and oxygen atoms in total. The van der Waals surface area contributed by atoms with Crippen LogP contribution in [0.25, 0.3) is 16.6 Å². The number of amides is 1. The van der Waals surface area contributed by atoms with Crippen molar-refractivity contribution in [3.05, 3.63) is 107 Å². The van der Waals surface area contributed by atoms with E-state index in [0.29, 0.717) is 29.7 Å². The lowest BCUT2D eigenvalue weighted by Crippen LogP contribution is -2.45. The summed E-state index contributed by atoms with van der Waals surface area (Å²) in [5.74, 6) is 0.115. The number of pyridine rings is 2. The Morgan fingerprint density at radius 3 is 2.68 bits per heavy atom. The van der Waals surface area contributed by atoms with Crippen LogP contribution in [0.3, 0.4) is 0 Å². The molecule has 1 N–H and O–H groups in total. The molecule has 2 aromatic carbocycles. The number of carbonyl (C=O) groups is 1. The van der Waals surface area contributed by atoms with E-state index >= 15 is 0 Å². The van der Waals surface area contributed by atoms with E-state index in [2.05, 4.69) is 15.3 Å². The number of nitrogens with zero attached hydrogens (tertiary/aromatic N) is 5. The molecule has 3 aromatic heterocycles. The van der Waals surface area contributed by atoms with Crippen LogP contribution in [0.2, 0.25) is 10.0 Å². The van der Waals surface area contributed by atoms with Crippen molar-refractivity contribution < 1.29 is 17.9 Å². The number of aryl methyl sites for hydroxylation is 1. The zero-order chi connectivity index (χ0) is 30.8. The van der Waals surface area contributed by atoms with Gasteiger partial charge >= 0.3 is 0 Å². The topological polar surface area (TPSA) is 119 Å². The first-order valence-electron chi connectivity index (χ1n) is 13.9. The van der Waals surface area contributed by atoms with Crippen LogP contribution in [0.4, 0.5) is 0 Å². The quantitative estimate of drug-likeness (QED) is 0.224. The van der Waals surface area contributed by atoms with Gasteiger partial charge in [-0.2, -0.15) is 4.31 Å². The number of hydrogen-bond donors (Lipinski definition) is 1. The fourth-order valence-electron chi connectivity index (χ4n) is 5.34. The number of halogens is 2. The van der Waals surface area contributed by atoms with E-state index in [-0.39, 0.29) is 40.5 Å². The average Bonchev–Trinajstić information content (AvgIpc) is 3.74. The summed E-state index contributed by atoms with van der Waals surface area (Å²) < 4.78 is 37.1. The highest BCUT2D eigenvalue weighted by Crippen LogP contribution is 2.37. The van der Waals surface area contributed by atoms with Gasteiger partial charge in [-0.15, -0.1) is 0 Å². The van der Waals surface area contributed by atoms with Crippen LogP contribution in [-0.2, 0) is 28.0 Å². The molecule has 13 heteroatoms. The molecule has 1 fully saturated rings. The number of benzene rings is 2. The summed E-state index contributed by atoms with van der Waals surface area (Å²) in [5.41, 5.74) is 3.48. The van der Waals surface area contributed by atoms with Crippen molar-refractivity contribution in [2.75, 3.05) is 6.54 Å². The van der Waals surface area contributed by atoms with Crippen molar-refractivity contribution in [2.24, 2.45) is 0 Å². The number of aromatic nitrogens is 4. The molecule has 0 aliphatic carbocycles. The molecule has 1 atom stereocenters. The van der Waals surface area contributed by atoms with Crippen LogP contribution in [0, 0.1) is 6.92 Å². The number of sulfonamides is 1. The van der Waals surface area contributed by atoms with Crippen LogP contribution in [0.15, 0.2) is 84.5 Å². The van der Waals surface area contributed by atoms with Crippen molar-refractivity contribution in [1.29, 1.82) is 0 Å². The molecule has 0 bridgehead atoms. The maximum atomic E-state index is 13.9. The predicted molar refractivity (Wildman–Crippen MR) is 167 cm³/mol. The second kappa shape index (κ2) is 12.5. The summed E-state index contributed by atoms with van der Waals surface area (Å²) in [6.07, 6.45) is 9.47. The summed E-state index contributed by atoms with van der Waals surface area (Å²) in [5, 5.41) is 3.89. The third-order valence-electron chi connectivity index (χ3n) is 7.52. The summed E-state index contributed by atoms with van der Waals surface area (Å²) in [6, 6.07) is 13.1. The molecule has 1 aliphatic heterocycles. The molecule has 4 heterocycles. The molecular formula is C31H28Cl2N6O4S. The summed E-state index contributed by atoms with van der Waals surface area (Å²) in [7, 11) is -4.14. The lowest BCUT2D eigenvalue weighted by atomic mass is 10.1. The first kappa shape index (κ1) is 30.0. The molecule has 0 saturated carbocycles. The van der Waals surface area contributed by atoms with Gasteiger partial charge in [-0.1, -0.05) is 35.3 Å². The number of imidazole rings is 1. The highest BCUT2D eigenvalue weighted by molar-refractivity contribution is 7.89. The van der Waals surface area contributed by atoms with Crippen molar-refractivity contribution >= 4 is 50.0 Å². The lowest BCUT2D eigenvalue weighted by Gasteiger charge is -2.24. The van der Waals surface area contributed by atoms with E-state index in [1.54, 1.807) is 43.1 Å². The lowest BCUT2D eigenvalue weighted by molar-refractivity contribution is -0.124. The van der Waals surface area contributed by atoms with E-state index in [1.165, 1.54) is 16.4 Å². The maximum absolute atomic E-state index is 13.9. The predicted octanol–water partition coefficient (Wildman–Crippen LogP) is 5.48. The van der Waals surface area contributed by atoms with Gasteiger partial charge in [-0.3, -0.25) is 9.78 Å². The van der Waals surface area contributed by atoms with E-state index < -0.39 is 16.1 Å². The molecule has 1 amide bonds. The van der Waals surface area contributed by atoms with Crippen molar-refractivity contribution in [3.63, 3.8) is 0 Å². The number of ether oxygens (including phenoxy) is 1. The zero-order valence-electron chi connectivity index (χ0n) is 23.7. The van der Waals surface area contributed by atoms with Crippen LogP contribution in [0.5, 0.6) is 5.75 Å². The Bertz CT molecular complexity index is 1940. The smallest absolute Gasteiger partial charge is 0.245 e. The van der Waals surface area contributed by atoms with Gasteiger partial charge in [0.15, 0.2) is 0 Å². The highest BCUT2D eigenvalue weighted by Gasteiger charge is 2.40. The fourth-order valence-corrected chi connectivity index (χ4v) is 7.86. The molecule has 226 valence electrons. The molecule has 1 saturated heterocycles. The van der Waals surface area contributed by atoms with Gasteiger partial charge < -0.3 is 14.6 Å². The SMILES string of the molecule is Cc1cc(-n2ccnc2)c2cccc(OCc3c(Cl)ccc(S(=O)(=O)N4CCC[C@H]4C(=O)NCc4ccncc4)c3Cl)c2n1. The van der Waals surface area contributed by atoms with Gasteiger partial charge in [0.05, 0.1) is 17.0 Å². The number of para-hydroxylation sites is 1. The molecule has 6 rings (SSSR count). The van der Waals surface area contributed by atoms with E-state index in [1.807, 2.05) is 35.9 Å². The number of hydrogen-bond acceptors (Lipinski definition) is 7. The third-order valence-corrected chi connectivity index (χ3v) is 10.4. The zero-order valence-corrected chi connectivity index (χ0v) is 26.0. The van der Waals surface area contributed by atoms with Gasteiger partial charge in [-0.25, -0.2) is 18.4 Å². The Balaban J connectivity index is 1.25. The molecule has 0 radical (unpaired) electrons. The Labute approximate surface area is 264 Å². The monoisotopic (exact) mass is 650 g/mol. The summed E-state index contributed by atoms with van der Waals surface area (Å²) >= 11 is 13.3. The molecule has 0 unspecified atom stereocenters. The highest BCUT2D eigenvalue weighted by atomic mass is 35.5. The number of rotatable bonds is 9. The molecule has 1 aliphatic rings. The van der Waals surface area contributed by atoms with Crippen LogP contribution < -0.4 is 10.1 Å². The van der Waals surface area contributed by atoms with Crippen molar-refractivity contribution in [1.82, 2.24) is 29.1 Å². The van der Waals surface area contributed by atoms with Crippen molar-refractivity contribution in [2.45, 2.75) is 43.9 Å². The summed E-state index contributed by atoms with van der Waals surface area (Å²) in [4.78, 5) is 25.8. The third kappa shape index (κ3) is 5.88. The minimum atomic E-state index is -4.14. The fraction of sp³-hybridized carbons (Fsp3) is 0.226. The Morgan fingerprint density at radius 1 is 1.09 bits per heavy atom. The number of carbonyl (C=O) groups excluding carboxylic acids is 1. The Morgan fingerprint density at radius 2 is 1.91 bits per heavy atom. The van der Waals surface area contributed by atoms with Gasteiger partial charge in [0.2, 0.25) is 15.9 Å². The molecular weight excluding hydrogens is 623 g/mol. The normalized spacial score (nSPS) is 15.5. The largest absolute Gasteiger partial charge is 0.487 e. The van der Waals surface area contributed by atoms with Gasteiger partial charge in [0.25, 0.3) is 0 Å².